The van der Waals surface area contributed by atoms with E-state index in [0.717, 1.165) is 26.1 Å². The number of aryl methyl sites for hydroxylation is 2. The first-order chi connectivity index (χ1) is 10.0. The van der Waals surface area contributed by atoms with Gasteiger partial charge in [0, 0.05) is 10.2 Å². The minimum absolute atomic E-state index is 0.126. The maximum Gasteiger partial charge on any atom is 0.247 e. The van der Waals surface area contributed by atoms with Crippen LogP contribution in [0.15, 0.2) is 28.7 Å². The van der Waals surface area contributed by atoms with Gasteiger partial charge in [0.1, 0.15) is 6.54 Å². The van der Waals surface area contributed by atoms with Gasteiger partial charge in [-0.15, -0.1) is 0 Å². The zero-order valence-electron chi connectivity index (χ0n) is 11.6. The first kappa shape index (κ1) is 14.2. The molecule has 1 amide bonds. The molecule has 0 saturated carbocycles. The number of benzene rings is 1. The number of rotatable bonds is 3. The molecule has 2 heterocycles. The van der Waals surface area contributed by atoms with Gasteiger partial charge >= 0.3 is 0 Å². The smallest absolute Gasteiger partial charge is 0.247 e. The largest absolute Gasteiger partial charge is 0.300 e. The second-order valence-corrected chi connectivity index (χ2v) is 6.71. The summed E-state index contributed by atoms with van der Waals surface area (Å²) in [5.74, 6) is -0.126. The Morgan fingerprint density at radius 2 is 2.19 bits per heavy atom. The summed E-state index contributed by atoms with van der Waals surface area (Å²) in [6.07, 6.45) is 0. The number of aromatic nitrogens is 3. The van der Waals surface area contributed by atoms with Crippen LogP contribution in [0.4, 0.5) is 5.13 Å². The average molecular weight is 365 g/mol. The van der Waals surface area contributed by atoms with Crippen LogP contribution in [0.3, 0.4) is 0 Å². The van der Waals surface area contributed by atoms with Gasteiger partial charge in [-0.3, -0.25) is 9.48 Å². The van der Waals surface area contributed by atoms with E-state index in [1.54, 1.807) is 4.68 Å². The Bertz CT molecular complexity index is 824. The second-order valence-electron chi connectivity index (χ2n) is 4.76. The first-order valence-corrected chi connectivity index (χ1v) is 7.99. The molecule has 0 atom stereocenters. The number of nitrogens with zero attached hydrogens (tertiary/aromatic N) is 3. The van der Waals surface area contributed by atoms with Crippen molar-refractivity contribution in [2.45, 2.75) is 20.4 Å². The summed E-state index contributed by atoms with van der Waals surface area (Å²) in [6, 6.07) is 7.79. The van der Waals surface area contributed by atoms with E-state index < -0.39 is 0 Å². The zero-order valence-corrected chi connectivity index (χ0v) is 14.0. The summed E-state index contributed by atoms with van der Waals surface area (Å²) in [7, 11) is 0. The lowest BCUT2D eigenvalue weighted by molar-refractivity contribution is -0.116. The van der Waals surface area contributed by atoms with Crippen LogP contribution in [0.2, 0.25) is 0 Å². The van der Waals surface area contributed by atoms with E-state index in [1.807, 2.05) is 38.1 Å². The predicted octanol–water partition coefficient (Wildman–Crippen LogP) is 3.51. The molecule has 5 nitrogen and oxygen atoms in total. The Morgan fingerprint density at radius 1 is 1.38 bits per heavy atom. The van der Waals surface area contributed by atoms with Crippen molar-refractivity contribution in [3.8, 4) is 0 Å². The monoisotopic (exact) mass is 364 g/mol. The van der Waals surface area contributed by atoms with Crippen molar-refractivity contribution < 1.29 is 4.79 Å². The van der Waals surface area contributed by atoms with Crippen LogP contribution in [0.5, 0.6) is 0 Å². The van der Waals surface area contributed by atoms with Gasteiger partial charge in [0.05, 0.1) is 15.9 Å². The highest BCUT2D eigenvalue weighted by Gasteiger charge is 2.10. The van der Waals surface area contributed by atoms with E-state index in [9.17, 15) is 4.79 Å². The molecule has 0 aliphatic rings. The minimum atomic E-state index is -0.126. The summed E-state index contributed by atoms with van der Waals surface area (Å²) in [4.78, 5) is 16.5. The molecule has 21 heavy (non-hydrogen) atoms. The van der Waals surface area contributed by atoms with Crippen LogP contribution in [0.1, 0.15) is 11.4 Å². The van der Waals surface area contributed by atoms with Crippen molar-refractivity contribution in [1.29, 1.82) is 0 Å². The predicted molar refractivity (Wildman–Crippen MR) is 87.7 cm³/mol. The lowest BCUT2D eigenvalue weighted by atomic mass is 10.3. The Labute approximate surface area is 134 Å². The van der Waals surface area contributed by atoms with Crippen LogP contribution in [-0.4, -0.2) is 20.7 Å². The van der Waals surface area contributed by atoms with Crippen molar-refractivity contribution in [3.63, 3.8) is 0 Å². The van der Waals surface area contributed by atoms with Gasteiger partial charge in [0.2, 0.25) is 5.91 Å². The number of hydrogen-bond donors (Lipinski definition) is 1. The lowest BCUT2D eigenvalue weighted by Gasteiger charge is -2.03. The molecule has 0 aliphatic heterocycles. The first-order valence-electron chi connectivity index (χ1n) is 6.38. The molecule has 0 spiro atoms. The second kappa shape index (κ2) is 5.57. The number of carbonyl (C=O) groups is 1. The molecule has 2 aromatic heterocycles. The molecule has 0 radical (unpaired) electrons. The van der Waals surface area contributed by atoms with Crippen molar-refractivity contribution in [1.82, 2.24) is 14.8 Å². The van der Waals surface area contributed by atoms with Gasteiger partial charge < -0.3 is 5.32 Å². The zero-order chi connectivity index (χ0) is 15.0. The van der Waals surface area contributed by atoms with Crippen LogP contribution in [0.25, 0.3) is 10.2 Å². The fourth-order valence-corrected chi connectivity index (χ4v) is 3.52. The van der Waals surface area contributed by atoms with Crippen molar-refractivity contribution in [3.05, 3.63) is 40.1 Å². The maximum absolute atomic E-state index is 12.1. The minimum Gasteiger partial charge on any atom is -0.300 e. The molecule has 1 aromatic carbocycles. The molecule has 3 rings (SSSR count). The number of halogens is 1. The molecule has 108 valence electrons. The SMILES string of the molecule is Cc1cc(C)n(CC(=O)Nc2nc3ccc(Br)cc3s2)n1. The molecule has 3 aromatic rings. The van der Waals surface area contributed by atoms with E-state index in [1.165, 1.54) is 11.3 Å². The summed E-state index contributed by atoms with van der Waals surface area (Å²) >= 11 is 4.88. The number of amides is 1. The molecular weight excluding hydrogens is 352 g/mol. The molecule has 0 aliphatic carbocycles. The van der Waals surface area contributed by atoms with Gasteiger partial charge in [-0.2, -0.15) is 5.10 Å². The molecule has 1 N–H and O–H groups in total. The number of anilines is 1. The molecule has 0 unspecified atom stereocenters. The molecule has 7 heteroatoms. The van der Waals surface area contributed by atoms with Crippen LogP contribution in [0, 0.1) is 13.8 Å². The lowest BCUT2D eigenvalue weighted by Crippen LogP contribution is -2.20. The van der Waals surface area contributed by atoms with Gasteiger partial charge in [-0.1, -0.05) is 27.3 Å². The maximum atomic E-state index is 12.1. The van der Waals surface area contributed by atoms with Crippen molar-refractivity contribution in [2.75, 3.05) is 5.32 Å². The number of fused-ring (bicyclic) bond motifs is 1. The Balaban J connectivity index is 1.75. The van der Waals surface area contributed by atoms with E-state index >= 15 is 0 Å². The summed E-state index contributed by atoms with van der Waals surface area (Å²) in [5.41, 5.74) is 2.76. The average Bonchev–Trinajstić information content (AvgIpc) is 2.91. The van der Waals surface area contributed by atoms with E-state index in [4.69, 9.17) is 0 Å². The number of hydrogen-bond acceptors (Lipinski definition) is 4. The van der Waals surface area contributed by atoms with Crippen LogP contribution >= 0.6 is 27.3 Å². The Kier molecular flexibility index (Phi) is 3.77. The quantitative estimate of drug-likeness (QED) is 0.773. The van der Waals surface area contributed by atoms with Gasteiger partial charge in [-0.25, -0.2) is 4.98 Å². The standard InChI is InChI=1S/C14H13BrN4OS/c1-8-5-9(2)19(18-8)7-13(20)17-14-16-11-4-3-10(15)6-12(11)21-14/h3-6H,7H2,1-2H3,(H,16,17,20). The van der Waals surface area contributed by atoms with Gasteiger partial charge in [0.25, 0.3) is 0 Å². The third-order valence-electron chi connectivity index (χ3n) is 2.99. The molecule has 0 bridgehead atoms. The van der Waals surface area contributed by atoms with Crippen molar-refractivity contribution >= 4 is 48.5 Å². The highest BCUT2D eigenvalue weighted by Crippen LogP contribution is 2.28. The Hall–Kier alpha value is -1.73. The van der Waals surface area contributed by atoms with Crippen molar-refractivity contribution in [2.24, 2.45) is 0 Å². The number of thiazole rings is 1. The number of nitrogens with one attached hydrogen (secondary N) is 1. The van der Waals surface area contributed by atoms with E-state index in [0.29, 0.717) is 5.13 Å². The Morgan fingerprint density at radius 3 is 2.90 bits per heavy atom. The third-order valence-corrected chi connectivity index (χ3v) is 4.42. The summed E-state index contributed by atoms with van der Waals surface area (Å²) < 4.78 is 3.72. The fraction of sp³-hybridized carbons (Fsp3) is 0.214. The highest BCUT2D eigenvalue weighted by atomic mass is 79.9. The summed E-state index contributed by atoms with van der Waals surface area (Å²) in [5, 5.41) is 7.71. The third kappa shape index (κ3) is 3.14. The molecule has 0 fully saturated rings. The topological polar surface area (TPSA) is 59.8 Å². The van der Waals surface area contributed by atoms with E-state index in [-0.39, 0.29) is 12.5 Å². The molecular formula is C14H13BrN4OS. The van der Waals surface area contributed by atoms with Gasteiger partial charge in [0.15, 0.2) is 5.13 Å². The van der Waals surface area contributed by atoms with Gasteiger partial charge in [-0.05, 0) is 38.1 Å². The van der Waals surface area contributed by atoms with Crippen LogP contribution < -0.4 is 5.32 Å². The molecule has 0 saturated heterocycles. The highest BCUT2D eigenvalue weighted by molar-refractivity contribution is 9.10. The normalized spacial score (nSPS) is 11.0. The number of carbonyl (C=O) groups excluding carboxylic acids is 1. The van der Waals surface area contributed by atoms with Crippen LogP contribution in [-0.2, 0) is 11.3 Å². The summed E-state index contributed by atoms with van der Waals surface area (Å²) in [6.45, 7) is 4.04. The fourth-order valence-electron chi connectivity index (χ4n) is 2.08. The van der Waals surface area contributed by atoms with E-state index in [2.05, 4.69) is 31.3 Å².